The van der Waals surface area contributed by atoms with E-state index in [0.29, 0.717) is 9.54 Å². The molecule has 0 spiro atoms. The molecule has 9 rings (SSSR count). The molecule has 0 amide bonds. The van der Waals surface area contributed by atoms with Crippen LogP contribution in [0.15, 0.2) is 109 Å². The van der Waals surface area contributed by atoms with Crippen molar-refractivity contribution in [3.8, 4) is 22.3 Å². The second-order valence-electron chi connectivity index (χ2n) is 11.7. The summed E-state index contributed by atoms with van der Waals surface area (Å²) in [6, 6.07) is 38.9. The van der Waals surface area contributed by atoms with Crippen LogP contribution >= 0.6 is 0 Å². The van der Waals surface area contributed by atoms with Gasteiger partial charge in [-0.05, 0) is 5.39 Å². The number of rotatable bonds is 2. The molecule has 6 aromatic rings. The zero-order valence-electron chi connectivity index (χ0n) is 23.2. The smallest absolute Gasteiger partial charge is 1.00 e. The molecule has 0 aromatic heterocycles. The minimum atomic E-state index is 0. The summed E-state index contributed by atoms with van der Waals surface area (Å²) in [6.45, 7) is 2.35. The second kappa shape index (κ2) is 10.3. The molecule has 0 heterocycles. The largest absolute Gasteiger partial charge is 1.00 e. The number of hydrogen-bond acceptors (Lipinski definition) is 0. The van der Waals surface area contributed by atoms with Crippen molar-refractivity contribution in [1.29, 1.82) is 0 Å². The third-order valence-corrected chi connectivity index (χ3v) is 11.2. The Balaban J connectivity index is 0.00000144. The Morgan fingerprint density at radius 2 is 1.24 bits per heavy atom. The van der Waals surface area contributed by atoms with Gasteiger partial charge in [-0.1, -0.05) is 42.5 Å². The van der Waals surface area contributed by atoms with Gasteiger partial charge in [-0.25, -0.2) is 0 Å². The van der Waals surface area contributed by atoms with Gasteiger partial charge in [0.1, 0.15) is 0 Å². The van der Waals surface area contributed by atoms with Crippen LogP contribution in [0, 0.1) is 0 Å². The minimum absolute atomic E-state index is 0. The summed E-state index contributed by atoms with van der Waals surface area (Å²) in [7, 11) is 0. The molecule has 0 aliphatic heterocycles. The summed E-state index contributed by atoms with van der Waals surface area (Å²) >= 11 is 1.61. The van der Waals surface area contributed by atoms with Crippen LogP contribution in [0.3, 0.4) is 0 Å². The molecular weight excluding hydrogens is 631 g/mol. The molecule has 0 radical (unpaired) electrons. The Bertz CT molecular complexity index is 2100. The van der Waals surface area contributed by atoms with Crippen LogP contribution in [0.4, 0.5) is 0 Å². The van der Waals surface area contributed by atoms with Crippen molar-refractivity contribution in [2.24, 2.45) is 0 Å². The fraction of sp³-hybridized carbons (Fsp3) is 0.128. The van der Waals surface area contributed by atoms with Crippen LogP contribution in [0.5, 0.6) is 0 Å². The van der Waals surface area contributed by atoms with Crippen LogP contribution in [0.25, 0.3) is 49.9 Å². The summed E-state index contributed by atoms with van der Waals surface area (Å²) in [5, 5.41) is 5.30. The predicted molar refractivity (Wildman–Crippen MR) is 164 cm³/mol. The molecule has 2 atom stereocenters. The van der Waals surface area contributed by atoms with Crippen molar-refractivity contribution in [1.82, 2.24) is 0 Å². The van der Waals surface area contributed by atoms with Gasteiger partial charge in [0, 0.05) is 0 Å². The van der Waals surface area contributed by atoms with Crippen LogP contribution < -0.4 is 24.8 Å². The summed E-state index contributed by atoms with van der Waals surface area (Å²) in [6.07, 6.45) is 4.93. The molecule has 3 aliphatic rings. The normalized spacial score (nSPS) is 17.4. The van der Waals surface area contributed by atoms with Gasteiger partial charge in [0.25, 0.3) is 0 Å². The monoisotopic (exact) mass is 655 g/mol. The number of allylic oxidation sites excluding steroid dienone is 1. The number of benzene rings is 6. The van der Waals surface area contributed by atoms with Crippen molar-refractivity contribution in [3.63, 3.8) is 0 Å². The van der Waals surface area contributed by atoms with Gasteiger partial charge in [0.05, 0.1) is 0 Å². The summed E-state index contributed by atoms with van der Waals surface area (Å²) in [4.78, 5) is 0. The molecule has 0 fully saturated rings. The van der Waals surface area contributed by atoms with Crippen molar-refractivity contribution in [2.75, 3.05) is 0 Å². The van der Waals surface area contributed by atoms with E-state index in [-0.39, 0.29) is 24.8 Å². The molecule has 0 nitrogen and oxygen atoms in total. The second-order valence-corrected chi connectivity index (χ2v) is 13.1. The van der Waals surface area contributed by atoms with E-state index in [1.807, 2.05) is 0 Å². The molecule has 2 unspecified atom stereocenters. The first kappa shape index (κ1) is 27.9. The Labute approximate surface area is 274 Å². The van der Waals surface area contributed by atoms with E-state index in [1.54, 1.807) is 47.0 Å². The number of hydrogen-bond donors (Lipinski definition) is 0. The van der Waals surface area contributed by atoms with Crippen molar-refractivity contribution >= 4 is 27.6 Å². The molecule has 6 aromatic carbocycles. The first-order chi connectivity index (χ1) is 19.7. The van der Waals surface area contributed by atoms with Gasteiger partial charge in [0.15, 0.2) is 0 Å². The fourth-order valence-corrected chi connectivity index (χ4v) is 9.34. The van der Waals surface area contributed by atoms with E-state index in [2.05, 4.69) is 116 Å². The molecular formula is C39H27Cl2Zr. The van der Waals surface area contributed by atoms with Crippen molar-refractivity contribution in [2.45, 2.75) is 29.3 Å². The van der Waals surface area contributed by atoms with Crippen LogP contribution in [-0.2, 0) is 37.6 Å². The average Bonchev–Trinajstić information content (AvgIpc) is 3.45. The topological polar surface area (TPSA) is 0 Å². The Hall–Kier alpha value is -2.96. The zero-order valence-corrected chi connectivity index (χ0v) is 27.2. The molecule has 0 N–H and O–H groups in total. The van der Waals surface area contributed by atoms with Gasteiger partial charge in [-0.2, -0.15) is 0 Å². The Kier molecular flexibility index (Phi) is 6.86. The first-order valence-corrected chi connectivity index (χ1v) is 15.8. The third-order valence-electron chi connectivity index (χ3n) is 9.75. The summed E-state index contributed by atoms with van der Waals surface area (Å²) in [5.41, 5.74) is 18.0. The molecule has 3 heteroatoms. The van der Waals surface area contributed by atoms with E-state index < -0.39 is 0 Å². The third kappa shape index (κ3) is 3.77. The summed E-state index contributed by atoms with van der Waals surface area (Å²) < 4.78 is 0.585. The quantitative estimate of drug-likeness (QED) is 0.248. The van der Waals surface area contributed by atoms with Crippen LogP contribution in [0.1, 0.15) is 55.4 Å². The molecule has 0 saturated heterocycles. The van der Waals surface area contributed by atoms with Gasteiger partial charge in [0.2, 0.25) is 0 Å². The maximum Gasteiger partial charge on any atom is -1.00 e. The number of fused-ring (bicyclic) bond motifs is 9. The predicted octanol–water partition coefficient (Wildman–Crippen LogP) is 3.93. The average molecular weight is 658 g/mol. The maximum atomic E-state index is 2.59. The van der Waals surface area contributed by atoms with Crippen molar-refractivity contribution < 1.29 is 49.5 Å². The molecule has 0 bridgehead atoms. The molecule has 0 saturated carbocycles. The Morgan fingerprint density at radius 1 is 0.571 bits per heavy atom. The van der Waals surface area contributed by atoms with Crippen LogP contribution in [-0.4, -0.2) is 0 Å². The van der Waals surface area contributed by atoms with Gasteiger partial charge in [-0.15, -0.1) is 0 Å². The van der Waals surface area contributed by atoms with E-state index in [9.17, 15) is 0 Å². The van der Waals surface area contributed by atoms with Gasteiger partial charge in [-0.3, -0.25) is 0 Å². The minimum Gasteiger partial charge on any atom is -1.00 e. The van der Waals surface area contributed by atoms with E-state index in [0.717, 1.165) is 0 Å². The van der Waals surface area contributed by atoms with E-state index in [1.165, 1.54) is 78.9 Å². The maximum absolute atomic E-state index is 2.59. The number of halogens is 2. The van der Waals surface area contributed by atoms with E-state index >= 15 is 0 Å². The molecule has 3 aliphatic carbocycles. The van der Waals surface area contributed by atoms with Gasteiger partial charge >= 0.3 is 204 Å². The van der Waals surface area contributed by atoms with E-state index in [4.69, 9.17) is 0 Å². The van der Waals surface area contributed by atoms with Crippen molar-refractivity contribution in [3.05, 3.63) is 148 Å². The first-order valence-electron chi connectivity index (χ1n) is 14.4. The SMILES string of the molecule is CC1=Cc2c(-c3cc4ccccc4c4ccccc34)cccc2C1c1cc2c(c3c1CC3)[CH]([Zr+2])c1ccccc1-2.[Cl-].[Cl-]. The standard InChI is InChI=1S/C39H27.2ClH.Zr/c1-23-19-34-30(35-20-24-9-2-4-11-26(24)28-13-6-7-14-29(28)35)15-8-16-33(34)39(23)38-22-37-27-12-5-3-10-25(27)21-36(37)31-17-18-32(31)38;;;/h2-16,19-22,39H,17-18H2,1H3;2*1H;/q;;;+2/p-2. The van der Waals surface area contributed by atoms with Gasteiger partial charge < -0.3 is 24.8 Å². The molecule has 42 heavy (non-hydrogen) atoms. The Morgan fingerprint density at radius 3 is 2.05 bits per heavy atom. The summed E-state index contributed by atoms with van der Waals surface area (Å²) in [5.74, 6) is 0.331. The fourth-order valence-electron chi connectivity index (χ4n) is 7.91. The molecule has 201 valence electrons. The van der Waals surface area contributed by atoms with Crippen LogP contribution in [0.2, 0.25) is 0 Å². The zero-order chi connectivity index (χ0) is 26.5.